The summed E-state index contributed by atoms with van der Waals surface area (Å²) in [4.78, 5) is 20.7. The van der Waals surface area contributed by atoms with Gasteiger partial charge in [-0.25, -0.2) is 0 Å². The highest BCUT2D eigenvalue weighted by molar-refractivity contribution is 5.79. The van der Waals surface area contributed by atoms with Gasteiger partial charge in [-0.1, -0.05) is 56.4 Å². The highest BCUT2D eigenvalue weighted by Crippen LogP contribution is 2.29. The molecule has 0 heterocycles. The third-order valence-electron chi connectivity index (χ3n) is 4.61. The van der Waals surface area contributed by atoms with E-state index in [1.165, 1.54) is 12.1 Å². The third kappa shape index (κ3) is 6.24. The standard InChI is InChI=1S/C21H24N4O4/c1-3-16(13-17(4-2)18-9-7-5-6-8-10-18)15-22-23-20-12-11-19(24(26)27)14-21(20)25(28)29/h5-15,17-18,23H,3-4H2,1-2H3/b16-13+,22-15+. The van der Waals surface area contributed by atoms with E-state index in [-0.39, 0.29) is 17.3 Å². The highest BCUT2D eigenvalue weighted by Gasteiger charge is 2.19. The average Bonchev–Trinajstić information content (AvgIpc) is 2.99. The van der Waals surface area contributed by atoms with Crippen LogP contribution in [0.15, 0.2) is 71.4 Å². The van der Waals surface area contributed by atoms with Gasteiger partial charge < -0.3 is 0 Å². The lowest BCUT2D eigenvalue weighted by atomic mass is 9.87. The Labute approximate surface area is 169 Å². The van der Waals surface area contributed by atoms with Gasteiger partial charge in [-0.05, 0) is 30.4 Å². The second kappa shape index (κ2) is 10.7. The van der Waals surface area contributed by atoms with Gasteiger partial charge >= 0.3 is 5.69 Å². The Morgan fingerprint density at radius 2 is 1.83 bits per heavy atom. The van der Waals surface area contributed by atoms with Gasteiger partial charge in [0, 0.05) is 12.0 Å². The van der Waals surface area contributed by atoms with E-state index in [9.17, 15) is 20.2 Å². The zero-order valence-electron chi connectivity index (χ0n) is 16.4. The summed E-state index contributed by atoms with van der Waals surface area (Å²) in [7, 11) is 0. The molecule has 0 aliphatic heterocycles. The number of non-ortho nitro benzene ring substituents is 1. The molecule has 1 aromatic carbocycles. The Morgan fingerprint density at radius 3 is 2.38 bits per heavy atom. The van der Waals surface area contributed by atoms with Crippen LogP contribution >= 0.6 is 0 Å². The lowest BCUT2D eigenvalue weighted by Gasteiger charge is -2.17. The first-order valence-corrected chi connectivity index (χ1v) is 9.40. The molecule has 1 aliphatic carbocycles. The van der Waals surface area contributed by atoms with Gasteiger partial charge in [0.1, 0.15) is 5.69 Å². The maximum Gasteiger partial charge on any atom is 0.301 e. The minimum Gasteiger partial charge on any atom is -0.272 e. The number of nitro benzene ring substituents is 2. The minimum absolute atomic E-state index is 0.0973. The second-order valence-corrected chi connectivity index (χ2v) is 6.48. The van der Waals surface area contributed by atoms with Crippen LogP contribution in [0.5, 0.6) is 0 Å². The van der Waals surface area contributed by atoms with E-state index in [2.05, 4.69) is 35.7 Å². The molecule has 0 bridgehead atoms. The number of benzene rings is 1. The van der Waals surface area contributed by atoms with Crippen molar-refractivity contribution in [3.63, 3.8) is 0 Å². The van der Waals surface area contributed by atoms with Crippen molar-refractivity contribution >= 4 is 23.3 Å². The van der Waals surface area contributed by atoms with Crippen LogP contribution in [-0.2, 0) is 0 Å². The van der Waals surface area contributed by atoms with Gasteiger partial charge in [0.15, 0.2) is 0 Å². The Bertz CT molecular complexity index is 884. The topological polar surface area (TPSA) is 111 Å². The summed E-state index contributed by atoms with van der Waals surface area (Å²) in [5, 5.41) is 26.1. The Hall–Kier alpha value is -3.55. The number of anilines is 1. The summed E-state index contributed by atoms with van der Waals surface area (Å²) in [5.74, 6) is 0.589. The van der Waals surface area contributed by atoms with Gasteiger partial charge in [-0.3, -0.25) is 25.7 Å². The summed E-state index contributed by atoms with van der Waals surface area (Å²) in [6.45, 7) is 4.14. The SMILES string of the molecule is CCC(/C=N/Nc1ccc([N+](=O)[O-])cc1[N+](=O)[O-])=C\C(CC)C1C=CC=CC=C1. The number of hydrogen-bond acceptors (Lipinski definition) is 6. The van der Waals surface area contributed by atoms with E-state index in [1.54, 1.807) is 6.21 Å². The van der Waals surface area contributed by atoms with Crippen LogP contribution in [-0.4, -0.2) is 16.1 Å². The number of allylic oxidation sites excluding steroid dienone is 8. The van der Waals surface area contributed by atoms with Gasteiger partial charge in [0.25, 0.3) is 5.69 Å². The number of nitro groups is 2. The summed E-state index contributed by atoms with van der Waals surface area (Å²) >= 11 is 0. The molecule has 29 heavy (non-hydrogen) atoms. The van der Waals surface area contributed by atoms with Crippen molar-refractivity contribution in [3.8, 4) is 0 Å². The number of hydrogen-bond donors (Lipinski definition) is 1. The van der Waals surface area contributed by atoms with Gasteiger partial charge in [0.2, 0.25) is 0 Å². The number of hydrazone groups is 1. The molecular formula is C21H24N4O4. The van der Waals surface area contributed by atoms with E-state index < -0.39 is 15.5 Å². The molecule has 0 amide bonds. The van der Waals surface area contributed by atoms with Gasteiger partial charge in [0.05, 0.1) is 22.1 Å². The van der Waals surface area contributed by atoms with E-state index >= 15 is 0 Å². The van der Waals surface area contributed by atoms with Crippen LogP contribution in [0.1, 0.15) is 26.7 Å². The lowest BCUT2D eigenvalue weighted by molar-refractivity contribution is -0.393. The van der Waals surface area contributed by atoms with Crippen LogP contribution in [0.25, 0.3) is 0 Å². The van der Waals surface area contributed by atoms with E-state index in [1.807, 2.05) is 31.2 Å². The van der Waals surface area contributed by atoms with Crippen molar-refractivity contribution in [2.45, 2.75) is 26.7 Å². The number of nitrogens with zero attached hydrogens (tertiary/aromatic N) is 3. The van der Waals surface area contributed by atoms with Crippen LogP contribution in [0.3, 0.4) is 0 Å². The number of rotatable bonds is 9. The van der Waals surface area contributed by atoms with E-state index in [4.69, 9.17) is 0 Å². The van der Waals surface area contributed by atoms with Crippen LogP contribution in [0, 0.1) is 32.1 Å². The second-order valence-electron chi connectivity index (χ2n) is 6.48. The molecule has 0 aromatic heterocycles. The molecule has 8 heteroatoms. The largest absolute Gasteiger partial charge is 0.301 e. The Balaban J connectivity index is 2.17. The van der Waals surface area contributed by atoms with E-state index in [0.29, 0.717) is 5.92 Å². The molecule has 8 nitrogen and oxygen atoms in total. The number of nitrogens with one attached hydrogen (secondary N) is 1. The summed E-state index contributed by atoms with van der Waals surface area (Å²) in [6.07, 6.45) is 17.9. The maximum absolute atomic E-state index is 11.2. The zero-order valence-corrected chi connectivity index (χ0v) is 16.4. The predicted octanol–water partition coefficient (Wildman–Crippen LogP) is 5.56. The summed E-state index contributed by atoms with van der Waals surface area (Å²) < 4.78 is 0. The molecule has 0 radical (unpaired) electrons. The molecule has 1 atom stereocenters. The van der Waals surface area contributed by atoms with Crippen molar-refractivity contribution in [2.24, 2.45) is 16.9 Å². The molecular weight excluding hydrogens is 372 g/mol. The van der Waals surface area contributed by atoms with Crippen LogP contribution in [0.4, 0.5) is 17.1 Å². The Kier molecular flexibility index (Phi) is 8.02. The first-order chi connectivity index (χ1) is 14.0. The van der Waals surface area contributed by atoms with E-state index in [0.717, 1.165) is 24.5 Å². The predicted molar refractivity (Wildman–Crippen MR) is 115 cm³/mol. The molecule has 1 aliphatic rings. The van der Waals surface area contributed by atoms with Crippen molar-refractivity contribution in [3.05, 3.63) is 86.5 Å². The average molecular weight is 396 g/mol. The first kappa shape index (κ1) is 21.7. The summed E-state index contributed by atoms with van der Waals surface area (Å²) in [6, 6.07) is 3.40. The normalized spacial score (nSPS) is 15.4. The third-order valence-corrected chi connectivity index (χ3v) is 4.61. The molecule has 2 rings (SSSR count). The zero-order chi connectivity index (χ0) is 21.2. The molecule has 1 unspecified atom stereocenters. The molecule has 1 N–H and O–H groups in total. The first-order valence-electron chi connectivity index (χ1n) is 9.40. The Morgan fingerprint density at radius 1 is 1.14 bits per heavy atom. The van der Waals surface area contributed by atoms with Crippen molar-refractivity contribution in [2.75, 3.05) is 5.43 Å². The van der Waals surface area contributed by atoms with Crippen molar-refractivity contribution < 1.29 is 9.85 Å². The monoisotopic (exact) mass is 396 g/mol. The van der Waals surface area contributed by atoms with Crippen molar-refractivity contribution in [1.29, 1.82) is 0 Å². The molecule has 152 valence electrons. The molecule has 0 spiro atoms. The van der Waals surface area contributed by atoms with Crippen molar-refractivity contribution in [1.82, 2.24) is 0 Å². The summed E-state index contributed by atoms with van der Waals surface area (Å²) in [5.41, 5.74) is 2.98. The molecule has 0 saturated carbocycles. The quantitative estimate of drug-likeness (QED) is 0.334. The highest BCUT2D eigenvalue weighted by atomic mass is 16.6. The van der Waals surface area contributed by atoms with Crippen LogP contribution < -0.4 is 5.43 Å². The molecule has 1 aromatic rings. The lowest BCUT2D eigenvalue weighted by Crippen LogP contribution is -2.08. The smallest absolute Gasteiger partial charge is 0.272 e. The van der Waals surface area contributed by atoms with Gasteiger partial charge in [-0.2, -0.15) is 5.10 Å². The fourth-order valence-electron chi connectivity index (χ4n) is 2.95. The molecule has 0 fully saturated rings. The fraction of sp³-hybridized carbons (Fsp3) is 0.286. The fourth-order valence-corrected chi connectivity index (χ4v) is 2.95. The molecule has 0 saturated heterocycles. The van der Waals surface area contributed by atoms with Crippen LogP contribution in [0.2, 0.25) is 0 Å². The maximum atomic E-state index is 11.2. The van der Waals surface area contributed by atoms with Gasteiger partial charge in [-0.15, -0.1) is 0 Å². The minimum atomic E-state index is -0.673.